The molecule has 36 heavy (non-hydrogen) atoms. The fourth-order valence-corrected chi connectivity index (χ4v) is 6.50. The number of nitriles is 1. The van der Waals surface area contributed by atoms with Crippen LogP contribution >= 0.6 is 0 Å². The molecule has 1 aromatic carbocycles. The summed E-state index contributed by atoms with van der Waals surface area (Å²) in [5.74, 6) is 1.59. The van der Waals surface area contributed by atoms with Gasteiger partial charge in [-0.2, -0.15) is 15.2 Å². The van der Waals surface area contributed by atoms with Crippen LogP contribution in [0.5, 0.6) is 11.9 Å². The maximum atomic E-state index is 9.25. The van der Waals surface area contributed by atoms with Gasteiger partial charge >= 0.3 is 6.01 Å². The Morgan fingerprint density at radius 1 is 1.19 bits per heavy atom. The van der Waals surface area contributed by atoms with Crippen LogP contribution in [0.25, 0.3) is 0 Å². The molecule has 1 aromatic heterocycles. The van der Waals surface area contributed by atoms with Crippen LogP contribution in [0.2, 0.25) is 0 Å². The lowest BCUT2D eigenvalue weighted by molar-refractivity contribution is 0.0190. The second kappa shape index (κ2) is 9.87. The van der Waals surface area contributed by atoms with Gasteiger partial charge in [0, 0.05) is 31.7 Å². The SMILES string of the molecule is CN1CCC[C@H]1COc1nc2c(c(N3CCN[C@@H](CC#N)C3)n1)CCC1(CCCc3ccccc31)O2. The van der Waals surface area contributed by atoms with E-state index in [4.69, 9.17) is 19.4 Å². The number of aromatic nitrogens is 2. The highest BCUT2D eigenvalue weighted by Crippen LogP contribution is 2.48. The van der Waals surface area contributed by atoms with Gasteiger partial charge in [0.05, 0.1) is 18.1 Å². The standard InChI is InChI=1S/C28H36N6O2/c1-33-16-5-8-22(33)19-35-27-31-25(34-17-15-30-21(18-34)11-14-29)23-10-13-28(36-26(23)32-27)12-4-7-20-6-2-3-9-24(20)28/h2-3,6,9,21-22,30H,4-5,7-8,10-13,15-19H2,1H3/t21-,22-,28?/m0/s1. The molecule has 0 bridgehead atoms. The van der Waals surface area contributed by atoms with Gasteiger partial charge in [-0.25, -0.2) is 0 Å². The lowest BCUT2D eigenvalue weighted by Crippen LogP contribution is -2.51. The first-order valence-electron chi connectivity index (χ1n) is 13.5. The molecule has 3 atom stereocenters. The van der Waals surface area contributed by atoms with Gasteiger partial charge in [0.25, 0.3) is 0 Å². The fraction of sp³-hybridized carbons (Fsp3) is 0.607. The van der Waals surface area contributed by atoms with Crippen LogP contribution in [0.3, 0.4) is 0 Å². The van der Waals surface area contributed by atoms with Crippen molar-refractivity contribution in [2.24, 2.45) is 0 Å². The summed E-state index contributed by atoms with van der Waals surface area (Å²) in [7, 11) is 2.16. The normalized spacial score (nSPS) is 27.7. The average molecular weight is 489 g/mol. The van der Waals surface area contributed by atoms with Crippen LogP contribution in [0, 0.1) is 11.3 Å². The summed E-state index contributed by atoms with van der Waals surface area (Å²) in [6.07, 6.45) is 7.85. The smallest absolute Gasteiger partial charge is 0.321 e. The van der Waals surface area contributed by atoms with Gasteiger partial charge in [-0.1, -0.05) is 24.3 Å². The molecule has 1 aliphatic carbocycles. The first kappa shape index (κ1) is 23.5. The molecule has 1 unspecified atom stereocenters. The molecule has 3 aliphatic heterocycles. The Morgan fingerprint density at radius 3 is 2.97 bits per heavy atom. The van der Waals surface area contributed by atoms with Crippen LogP contribution in [0.15, 0.2) is 24.3 Å². The Balaban J connectivity index is 1.34. The number of aryl methyl sites for hydroxylation is 1. The van der Waals surface area contributed by atoms with Crippen molar-refractivity contribution >= 4 is 5.82 Å². The summed E-state index contributed by atoms with van der Waals surface area (Å²) in [5.41, 5.74) is 3.45. The first-order valence-corrected chi connectivity index (χ1v) is 13.5. The molecule has 0 radical (unpaired) electrons. The summed E-state index contributed by atoms with van der Waals surface area (Å²) < 4.78 is 13.1. The second-order valence-electron chi connectivity index (χ2n) is 10.8. The van der Waals surface area contributed by atoms with Crippen molar-refractivity contribution in [3.8, 4) is 18.0 Å². The van der Waals surface area contributed by atoms with Crippen molar-refractivity contribution in [2.75, 3.05) is 44.7 Å². The number of benzene rings is 1. The molecule has 1 spiro atoms. The molecule has 4 aliphatic rings. The van der Waals surface area contributed by atoms with Gasteiger partial charge in [0.2, 0.25) is 5.88 Å². The van der Waals surface area contributed by atoms with E-state index in [1.54, 1.807) is 0 Å². The number of anilines is 1. The van der Waals surface area contributed by atoms with Crippen molar-refractivity contribution in [3.05, 3.63) is 41.0 Å². The highest BCUT2D eigenvalue weighted by Gasteiger charge is 2.43. The fourth-order valence-electron chi connectivity index (χ4n) is 6.50. The Hall–Kier alpha value is -2.89. The van der Waals surface area contributed by atoms with E-state index < -0.39 is 0 Å². The molecule has 4 heterocycles. The van der Waals surface area contributed by atoms with Gasteiger partial charge in [-0.15, -0.1) is 0 Å². The number of likely N-dealkylation sites (N-methyl/N-ethyl adjacent to an activating group) is 1. The predicted molar refractivity (Wildman–Crippen MR) is 137 cm³/mol. The van der Waals surface area contributed by atoms with Crippen molar-refractivity contribution in [1.29, 1.82) is 5.26 Å². The number of fused-ring (bicyclic) bond motifs is 3. The Labute approximate surface area is 213 Å². The number of likely N-dealkylation sites (tertiary alicyclic amines) is 1. The number of nitrogens with one attached hydrogen (secondary N) is 1. The van der Waals surface area contributed by atoms with Gasteiger partial charge in [-0.05, 0) is 69.7 Å². The Morgan fingerprint density at radius 2 is 2.11 bits per heavy atom. The summed E-state index contributed by atoms with van der Waals surface area (Å²) in [6.45, 7) is 4.10. The Kier molecular flexibility index (Phi) is 6.44. The van der Waals surface area contributed by atoms with E-state index in [1.165, 1.54) is 17.5 Å². The van der Waals surface area contributed by atoms with Gasteiger partial charge < -0.3 is 24.6 Å². The van der Waals surface area contributed by atoms with Crippen LogP contribution < -0.4 is 19.7 Å². The lowest BCUT2D eigenvalue weighted by atomic mass is 9.75. The van der Waals surface area contributed by atoms with Crippen LogP contribution in [-0.2, 0) is 18.4 Å². The van der Waals surface area contributed by atoms with E-state index in [2.05, 4.69) is 52.5 Å². The topological polar surface area (TPSA) is 86.5 Å². The van der Waals surface area contributed by atoms with E-state index in [1.807, 2.05) is 0 Å². The molecule has 0 amide bonds. The van der Waals surface area contributed by atoms with E-state index in [0.717, 1.165) is 76.1 Å². The van der Waals surface area contributed by atoms with Crippen molar-refractivity contribution in [3.63, 3.8) is 0 Å². The lowest BCUT2D eigenvalue weighted by Gasteiger charge is -2.43. The molecule has 0 saturated carbocycles. The molecule has 190 valence electrons. The molecular weight excluding hydrogens is 452 g/mol. The van der Waals surface area contributed by atoms with Crippen LogP contribution in [0.4, 0.5) is 5.82 Å². The molecule has 1 N–H and O–H groups in total. The summed E-state index contributed by atoms with van der Waals surface area (Å²) in [5, 5.41) is 12.7. The van der Waals surface area contributed by atoms with Gasteiger partial charge in [0.1, 0.15) is 18.0 Å². The van der Waals surface area contributed by atoms with Crippen LogP contribution in [0.1, 0.15) is 55.2 Å². The van der Waals surface area contributed by atoms with Crippen molar-refractivity contribution in [1.82, 2.24) is 20.2 Å². The highest BCUT2D eigenvalue weighted by atomic mass is 16.5. The van der Waals surface area contributed by atoms with Crippen LogP contribution in [-0.4, -0.2) is 66.8 Å². The van der Waals surface area contributed by atoms with Gasteiger partial charge in [-0.3, -0.25) is 0 Å². The first-order chi connectivity index (χ1) is 17.6. The molecule has 2 saturated heterocycles. The monoisotopic (exact) mass is 488 g/mol. The third-order valence-corrected chi connectivity index (χ3v) is 8.50. The number of ether oxygens (including phenoxy) is 2. The molecular formula is C28H36N6O2. The molecule has 2 aromatic rings. The minimum absolute atomic E-state index is 0.131. The maximum absolute atomic E-state index is 9.25. The zero-order chi connectivity index (χ0) is 24.5. The number of rotatable bonds is 5. The average Bonchev–Trinajstić information content (AvgIpc) is 3.32. The number of hydrogen-bond donors (Lipinski definition) is 1. The largest absolute Gasteiger partial charge is 0.466 e. The number of nitrogens with zero attached hydrogens (tertiary/aromatic N) is 5. The van der Waals surface area contributed by atoms with E-state index in [-0.39, 0.29) is 11.6 Å². The molecule has 8 heteroatoms. The molecule has 8 nitrogen and oxygen atoms in total. The van der Waals surface area contributed by atoms with Crippen molar-refractivity contribution < 1.29 is 9.47 Å². The summed E-state index contributed by atoms with van der Waals surface area (Å²) >= 11 is 0. The van der Waals surface area contributed by atoms with Crippen molar-refractivity contribution in [2.45, 2.75) is 69.1 Å². The maximum Gasteiger partial charge on any atom is 0.321 e. The minimum atomic E-state index is -0.330. The van der Waals surface area contributed by atoms with E-state index in [0.29, 0.717) is 31.0 Å². The molecule has 2 fully saturated rings. The zero-order valence-electron chi connectivity index (χ0n) is 21.2. The summed E-state index contributed by atoms with van der Waals surface area (Å²) in [4.78, 5) is 14.5. The second-order valence-corrected chi connectivity index (χ2v) is 10.8. The third kappa shape index (κ3) is 4.39. The molecule has 6 rings (SSSR count). The quantitative estimate of drug-likeness (QED) is 0.687. The minimum Gasteiger partial charge on any atom is -0.466 e. The van der Waals surface area contributed by atoms with E-state index in [9.17, 15) is 5.26 Å². The van der Waals surface area contributed by atoms with Gasteiger partial charge in [0.15, 0.2) is 0 Å². The zero-order valence-corrected chi connectivity index (χ0v) is 21.2. The Bertz CT molecular complexity index is 1150. The number of hydrogen-bond acceptors (Lipinski definition) is 8. The van der Waals surface area contributed by atoms with E-state index >= 15 is 0 Å². The summed E-state index contributed by atoms with van der Waals surface area (Å²) in [6, 6.07) is 12.0. The highest BCUT2D eigenvalue weighted by molar-refractivity contribution is 5.55. The number of piperazine rings is 1. The third-order valence-electron chi connectivity index (χ3n) is 8.50. The predicted octanol–water partition coefficient (Wildman–Crippen LogP) is 3.20.